The van der Waals surface area contributed by atoms with E-state index in [2.05, 4.69) is 5.32 Å². The van der Waals surface area contributed by atoms with E-state index >= 15 is 0 Å². The number of hydrogen-bond acceptors (Lipinski definition) is 2. The van der Waals surface area contributed by atoms with Crippen molar-refractivity contribution in [3.63, 3.8) is 0 Å². The molecule has 0 saturated heterocycles. The second-order valence-corrected chi connectivity index (χ2v) is 5.93. The van der Waals surface area contributed by atoms with Crippen LogP contribution in [-0.4, -0.2) is 18.0 Å². The van der Waals surface area contributed by atoms with Crippen molar-refractivity contribution in [2.75, 3.05) is 0 Å². The Hall–Kier alpha value is -0.570. The van der Waals surface area contributed by atoms with Crippen LogP contribution in [0.5, 0.6) is 0 Å². The van der Waals surface area contributed by atoms with Crippen LogP contribution in [0.4, 0.5) is 0 Å². The molecule has 16 heavy (non-hydrogen) atoms. The van der Waals surface area contributed by atoms with Crippen molar-refractivity contribution in [1.29, 1.82) is 0 Å². The molecule has 3 nitrogen and oxygen atoms in total. The molecule has 4 unspecified atom stereocenters. The van der Waals surface area contributed by atoms with E-state index in [1.165, 1.54) is 44.9 Å². The predicted octanol–water partition coefficient (Wildman–Crippen LogP) is 1.42. The number of carbonyl (C=O) groups is 1. The summed E-state index contributed by atoms with van der Waals surface area (Å²) in [7, 11) is 0. The molecule has 0 aromatic carbocycles. The molecule has 3 fully saturated rings. The Kier molecular flexibility index (Phi) is 2.66. The molecule has 0 radical (unpaired) electrons. The second-order valence-electron chi connectivity index (χ2n) is 5.93. The minimum Gasteiger partial charge on any atom is -0.353 e. The van der Waals surface area contributed by atoms with E-state index in [4.69, 9.17) is 5.73 Å². The topological polar surface area (TPSA) is 55.1 Å². The first kappa shape index (κ1) is 10.6. The number of fused-ring (bicyclic) bond motifs is 2. The van der Waals surface area contributed by atoms with Gasteiger partial charge in [-0.25, -0.2) is 0 Å². The second kappa shape index (κ2) is 4.02. The fourth-order valence-electron chi connectivity index (χ4n) is 4.09. The van der Waals surface area contributed by atoms with Gasteiger partial charge >= 0.3 is 0 Å². The molecule has 4 atom stereocenters. The lowest BCUT2D eigenvalue weighted by Crippen LogP contribution is -2.47. The summed E-state index contributed by atoms with van der Waals surface area (Å²) in [6.45, 7) is 0. The number of hydrogen-bond donors (Lipinski definition) is 2. The quantitative estimate of drug-likeness (QED) is 0.742. The van der Waals surface area contributed by atoms with Crippen LogP contribution in [0.1, 0.15) is 44.9 Å². The maximum atomic E-state index is 12.2. The van der Waals surface area contributed by atoms with Gasteiger partial charge < -0.3 is 11.1 Å². The van der Waals surface area contributed by atoms with Gasteiger partial charge in [-0.15, -0.1) is 0 Å². The van der Waals surface area contributed by atoms with Crippen LogP contribution in [0, 0.1) is 17.8 Å². The SMILES string of the molecule is NC1C2CCC(C2)C1C(=O)NC1CCCC1. The minimum absolute atomic E-state index is 0.124. The smallest absolute Gasteiger partial charge is 0.225 e. The van der Waals surface area contributed by atoms with Crippen LogP contribution in [0.3, 0.4) is 0 Å². The van der Waals surface area contributed by atoms with E-state index in [9.17, 15) is 4.79 Å². The van der Waals surface area contributed by atoms with Crippen LogP contribution in [0.2, 0.25) is 0 Å². The fraction of sp³-hybridized carbons (Fsp3) is 0.923. The van der Waals surface area contributed by atoms with E-state index in [0.29, 0.717) is 17.9 Å². The van der Waals surface area contributed by atoms with Crippen molar-refractivity contribution in [3.8, 4) is 0 Å². The van der Waals surface area contributed by atoms with Crippen molar-refractivity contribution >= 4 is 5.91 Å². The van der Waals surface area contributed by atoms with Crippen molar-refractivity contribution in [1.82, 2.24) is 5.32 Å². The van der Waals surface area contributed by atoms with Crippen molar-refractivity contribution in [2.45, 2.75) is 57.0 Å². The molecule has 2 bridgehead atoms. The lowest BCUT2D eigenvalue weighted by atomic mass is 9.84. The Bertz CT molecular complexity index is 284. The number of amides is 1. The average Bonchev–Trinajstić information content (AvgIpc) is 2.92. The zero-order valence-electron chi connectivity index (χ0n) is 9.82. The maximum absolute atomic E-state index is 12.2. The highest BCUT2D eigenvalue weighted by atomic mass is 16.2. The summed E-state index contributed by atoms with van der Waals surface area (Å²) in [6, 6.07) is 0.582. The summed E-state index contributed by atoms with van der Waals surface area (Å²) in [5.74, 6) is 1.59. The van der Waals surface area contributed by atoms with Gasteiger partial charge in [-0.2, -0.15) is 0 Å². The third-order valence-electron chi connectivity index (χ3n) is 4.98. The van der Waals surface area contributed by atoms with Gasteiger partial charge in [0.15, 0.2) is 0 Å². The Morgan fingerprint density at radius 3 is 2.38 bits per heavy atom. The Labute approximate surface area is 97.2 Å². The summed E-state index contributed by atoms with van der Waals surface area (Å²) >= 11 is 0. The molecule has 3 saturated carbocycles. The van der Waals surface area contributed by atoms with Gasteiger partial charge in [-0.3, -0.25) is 4.79 Å². The van der Waals surface area contributed by atoms with E-state index in [1.54, 1.807) is 0 Å². The first-order chi connectivity index (χ1) is 7.75. The Morgan fingerprint density at radius 1 is 1.06 bits per heavy atom. The fourth-order valence-corrected chi connectivity index (χ4v) is 4.09. The standard InChI is InChI=1S/C13H22N2O/c14-12-9-6-5-8(7-9)11(12)13(16)15-10-3-1-2-4-10/h8-12H,1-7,14H2,(H,15,16). The Morgan fingerprint density at radius 2 is 1.75 bits per heavy atom. The van der Waals surface area contributed by atoms with Crippen molar-refractivity contribution < 1.29 is 4.79 Å². The van der Waals surface area contributed by atoms with Gasteiger partial charge in [-0.05, 0) is 43.9 Å². The van der Waals surface area contributed by atoms with E-state index in [0.717, 1.165) is 0 Å². The normalized spacial score (nSPS) is 42.8. The molecule has 0 aromatic rings. The lowest BCUT2D eigenvalue weighted by Gasteiger charge is -2.28. The first-order valence-corrected chi connectivity index (χ1v) is 6.81. The minimum atomic E-state index is 0.124. The molecule has 3 aliphatic carbocycles. The highest BCUT2D eigenvalue weighted by Crippen LogP contribution is 2.47. The van der Waals surface area contributed by atoms with Crippen molar-refractivity contribution in [2.24, 2.45) is 23.5 Å². The molecule has 1 amide bonds. The van der Waals surface area contributed by atoms with Crippen LogP contribution in [0.15, 0.2) is 0 Å². The van der Waals surface area contributed by atoms with E-state index in [-0.39, 0.29) is 17.9 Å². The highest BCUT2D eigenvalue weighted by molar-refractivity contribution is 5.80. The zero-order valence-corrected chi connectivity index (χ0v) is 9.82. The van der Waals surface area contributed by atoms with Crippen LogP contribution < -0.4 is 11.1 Å². The van der Waals surface area contributed by atoms with Crippen molar-refractivity contribution in [3.05, 3.63) is 0 Å². The van der Waals surface area contributed by atoms with Gasteiger partial charge in [0.25, 0.3) is 0 Å². The zero-order chi connectivity index (χ0) is 11.1. The number of nitrogens with two attached hydrogens (primary N) is 1. The van der Waals surface area contributed by atoms with Gasteiger partial charge in [0.05, 0.1) is 5.92 Å². The van der Waals surface area contributed by atoms with E-state index < -0.39 is 0 Å². The summed E-state index contributed by atoms with van der Waals surface area (Å²) in [4.78, 5) is 12.2. The molecule has 90 valence electrons. The predicted molar refractivity (Wildman–Crippen MR) is 62.7 cm³/mol. The summed E-state index contributed by atoms with van der Waals surface area (Å²) < 4.78 is 0. The molecule has 3 heteroatoms. The molecule has 3 aliphatic rings. The van der Waals surface area contributed by atoms with Gasteiger partial charge in [0.1, 0.15) is 0 Å². The first-order valence-electron chi connectivity index (χ1n) is 6.81. The third kappa shape index (κ3) is 1.65. The summed E-state index contributed by atoms with van der Waals surface area (Å²) in [6.07, 6.45) is 8.55. The summed E-state index contributed by atoms with van der Waals surface area (Å²) in [5.41, 5.74) is 6.18. The molecule has 0 spiro atoms. The number of rotatable bonds is 2. The molecular formula is C13H22N2O. The molecule has 0 heterocycles. The van der Waals surface area contributed by atoms with Gasteiger partial charge in [-0.1, -0.05) is 12.8 Å². The molecule has 0 aliphatic heterocycles. The molecule has 3 N–H and O–H groups in total. The monoisotopic (exact) mass is 222 g/mol. The third-order valence-corrected chi connectivity index (χ3v) is 4.98. The van der Waals surface area contributed by atoms with E-state index in [1.807, 2.05) is 0 Å². The molecule has 0 aromatic heterocycles. The highest BCUT2D eigenvalue weighted by Gasteiger charge is 2.49. The lowest BCUT2D eigenvalue weighted by molar-refractivity contribution is -0.127. The van der Waals surface area contributed by atoms with Gasteiger partial charge in [0.2, 0.25) is 5.91 Å². The Balaban J connectivity index is 1.61. The van der Waals surface area contributed by atoms with Crippen LogP contribution >= 0.6 is 0 Å². The molecular weight excluding hydrogens is 200 g/mol. The summed E-state index contributed by atoms with van der Waals surface area (Å²) in [5, 5.41) is 3.22. The van der Waals surface area contributed by atoms with Gasteiger partial charge in [0, 0.05) is 12.1 Å². The largest absolute Gasteiger partial charge is 0.353 e. The maximum Gasteiger partial charge on any atom is 0.225 e. The molecule has 3 rings (SSSR count). The van der Waals surface area contributed by atoms with Crippen LogP contribution in [0.25, 0.3) is 0 Å². The number of carbonyl (C=O) groups excluding carboxylic acids is 1. The average molecular weight is 222 g/mol. The van der Waals surface area contributed by atoms with Crippen LogP contribution in [-0.2, 0) is 4.79 Å². The number of nitrogens with one attached hydrogen (secondary N) is 1.